The van der Waals surface area contributed by atoms with E-state index in [4.69, 9.17) is 0 Å². The first-order chi connectivity index (χ1) is 13.1. The van der Waals surface area contributed by atoms with Gasteiger partial charge in [0, 0.05) is 37.5 Å². The molecule has 0 saturated carbocycles. The number of para-hydroxylation sites is 1. The van der Waals surface area contributed by atoms with E-state index in [1.807, 2.05) is 41.8 Å². The lowest BCUT2D eigenvalue weighted by molar-refractivity contribution is -0.134. The fraction of sp³-hybridized carbons (Fsp3) is 0.316. The number of hydrogen-bond donors (Lipinski definition) is 1. The summed E-state index contributed by atoms with van der Waals surface area (Å²) in [7, 11) is 0. The number of carbonyl (C=O) groups excluding carboxylic acids is 3. The Morgan fingerprint density at radius 3 is 2.52 bits per heavy atom. The second kappa shape index (κ2) is 7.74. The lowest BCUT2D eigenvalue weighted by Gasteiger charge is -2.35. The van der Waals surface area contributed by atoms with Crippen molar-refractivity contribution < 1.29 is 14.4 Å². The van der Waals surface area contributed by atoms with E-state index >= 15 is 0 Å². The lowest BCUT2D eigenvalue weighted by Crippen LogP contribution is -2.51. The molecule has 0 radical (unpaired) electrons. The number of hydrogen-bond acceptors (Lipinski definition) is 5. The van der Waals surface area contributed by atoms with Crippen LogP contribution in [0.5, 0.6) is 0 Å². The molecule has 6 nitrogen and oxygen atoms in total. The van der Waals surface area contributed by atoms with E-state index in [-0.39, 0.29) is 24.1 Å². The van der Waals surface area contributed by atoms with Crippen molar-refractivity contribution in [3.63, 3.8) is 0 Å². The summed E-state index contributed by atoms with van der Waals surface area (Å²) >= 11 is 2.87. The molecule has 1 N–H and O–H groups in total. The fourth-order valence-electron chi connectivity index (χ4n) is 3.23. The van der Waals surface area contributed by atoms with Crippen LogP contribution in [0, 0.1) is 0 Å². The third-order valence-electron chi connectivity index (χ3n) is 4.72. The number of benzene rings is 1. The molecule has 0 aliphatic carbocycles. The van der Waals surface area contributed by atoms with Gasteiger partial charge in [-0.25, -0.2) is 0 Å². The number of nitrogens with one attached hydrogen (secondary N) is 1. The number of nitrogens with zero attached hydrogens (tertiary/aromatic N) is 2. The average molecular weight is 402 g/mol. The SMILES string of the molecule is O=C1Nc2ccccc2S[C@@H]1CC(=O)N1CCN(C(=O)c2cccs2)CC1. The summed E-state index contributed by atoms with van der Waals surface area (Å²) in [6, 6.07) is 11.3. The highest BCUT2D eigenvalue weighted by Gasteiger charge is 2.32. The Kier molecular flexibility index (Phi) is 5.18. The van der Waals surface area contributed by atoms with Crippen LogP contribution in [0.1, 0.15) is 16.1 Å². The Morgan fingerprint density at radius 2 is 1.78 bits per heavy atom. The van der Waals surface area contributed by atoms with Crippen LogP contribution < -0.4 is 5.32 Å². The first kappa shape index (κ1) is 18.1. The summed E-state index contributed by atoms with van der Waals surface area (Å²) in [5, 5.41) is 4.34. The van der Waals surface area contributed by atoms with Crippen molar-refractivity contribution in [2.24, 2.45) is 0 Å². The summed E-state index contributed by atoms with van der Waals surface area (Å²) in [5.74, 6) is -0.139. The van der Waals surface area contributed by atoms with Crippen LogP contribution in [-0.2, 0) is 9.59 Å². The molecule has 2 aromatic rings. The smallest absolute Gasteiger partial charge is 0.264 e. The number of piperazine rings is 1. The van der Waals surface area contributed by atoms with Crippen molar-refractivity contribution >= 4 is 46.5 Å². The van der Waals surface area contributed by atoms with Gasteiger partial charge in [-0.3, -0.25) is 14.4 Å². The zero-order chi connectivity index (χ0) is 18.8. The molecule has 3 amide bonds. The second-order valence-electron chi connectivity index (χ2n) is 6.45. The second-order valence-corrected chi connectivity index (χ2v) is 8.64. The minimum absolute atomic E-state index is 0.0240. The van der Waals surface area contributed by atoms with E-state index in [1.54, 1.807) is 9.80 Å². The van der Waals surface area contributed by atoms with Crippen molar-refractivity contribution in [3.8, 4) is 0 Å². The molecule has 1 aromatic carbocycles. The maximum Gasteiger partial charge on any atom is 0.264 e. The highest BCUT2D eigenvalue weighted by Crippen LogP contribution is 2.36. The lowest BCUT2D eigenvalue weighted by atomic mass is 10.2. The summed E-state index contributed by atoms with van der Waals surface area (Å²) in [5.41, 5.74) is 0.803. The fourth-order valence-corrected chi connectivity index (χ4v) is 5.02. The van der Waals surface area contributed by atoms with Gasteiger partial charge in [-0.2, -0.15) is 0 Å². The maximum absolute atomic E-state index is 12.7. The van der Waals surface area contributed by atoms with Gasteiger partial charge in [0.05, 0.1) is 15.8 Å². The molecular weight excluding hydrogens is 382 g/mol. The minimum atomic E-state index is -0.418. The van der Waals surface area contributed by atoms with Crippen LogP contribution in [0.2, 0.25) is 0 Å². The van der Waals surface area contributed by atoms with Crippen LogP contribution in [0.3, 0.4) is 0 Å². The van der Waals surface area contributed by atoms with Gasteiger partial charge < -0.3 is 15.1 Å². The van der Waals surface area contributed by atoms with Crippen molar-refractivity contribution in [3.05, 3.63) is 46.7 Å². The third-order valence-corrected chi connectivity index (χ3v) is 6.85. The highest BCUT2D eigenvalue weighted by atomic mass is 32.2. The van der Waals surface area contributed by atoms with E-state index < -0.39 is 5.25 Å². The predicted molar refractivity (Wildman–Crippen MR) is 106 cm³/mol. The van der Waals surface area contributed by atoms with E-state index in [2.05, 4.69) is 5.32 Å². The average Bonchev–Trinajstić information content (AvgIpc) is 3.23. The molecule has 1 fully saturated rings. The zero-order valence-corrected chi connectivity index (χ0v) is 16.2. The monoisotopic (exact) mass is 401 g/mol. The molecule has 3 heterocycles. The Labute approximate surface area is 165 Å². The first-order valence-electron chi connectivity index (χ1n) is 8.79. The molecule has 1 saturated heterocycles. The first-order valence-corrected chi connectivity index (χ1v) is 10.5. The van der Waals surface area contributed by atoms with Crippen LogP contribution in [0.25, 0.3) is 0 Å². The van der Waals surface area contributed by atoms with Crippen LogP contribution >= 0.6 is 23.1 Å². The zero-order valence-electron chi connectivity index (χ0n) is 14.6. The van der Waals surface area contributed by atoms with E-state index in [0.717, 1.165) is 15.5 Å². The van der Waals surface area contributed by atoms with Crippen molar-refractivity contribution in [1.82, 2.24) is 9.80 Å². The van der Waals surface area contributed by atoms with Gasteiger partial charge >= 0.3 is 0 Å². The van der Waals surface area contributed by atoms with Crippen molar-refractivity contribution in [2.75, 3.05) is 31.5 Å². The number of thioether (sulfide) groups is 1. The van der Waals surface area contributed by atoms with E-state index in [9.17, 15) is 14.4 Å². The number of fused-ring (bicyclic) bond motifs is 1. The number of thiophene rings is 1. The third kappa shape index (κ3) is 3.86. The summed E-state index contributed by atoms with van der Waals surface area (Å²) in [4.78, 5) is 42.6. The van der Waals surface area contributed by atoms with Gasteiger partial charge in [-0.15, -0.1) is 23.1 Å². The molecule has 1 atom stereocenters. The Hall–Kier alpha value is -2.32. The van der Waals surface area contributed by atoms with E-state index in [1.165, 1.54) is 23.1 Å². The van der Waals surface area contributed by atoms with Gasteiger partial charge in [-0.1, -0.05) is 18.2 Å². The van der Waals surface area contributed by atoms with Crippen molar-refractivity contribution in [2.45, 2.75) is 16.6 Å². The minimum Gasteiger partial charge on any atom is -0.339 e. The van der Waals surface area contributed by atoms with Gasteiger partial charge in [0.25, 0.3) is 5.91 Å². The summed E-state index contributed by atoms with van der Waals surface area (Å²) < 4.78 is 0. The number of rotatable bonds is 3. The molecule has 0 spiro atoms. The van der Waals surface area contributed by atoms with Crippen LogP contribution in [-0.4, -0.2) is 59.0 Å². The Balaban J connectivity index is 1.32. The Bertz CT molecular complexity index is 861. The molecule has 140 valence electrons. The summed E-state index contributed by atoms with van der Waals surface area (Å²) in [6.07, 6.45) is 0.170. The number of amides is 3. The van der Waals surface area contributed by atoms with Crippen LogP contribution in [0.4, 0.5) is 5.69 Å². The molecule has 8 heteroatoms. The molecule has 27 heavy (non-hydrogen) atoms. The molecular formula is C19H19N3O3S2. The van der Waals surface area contributed by atoms with Gasteiger partial charge in [0.2, 0.25) is 11.8 Å². The maximum atomic E-state index is 12.7. The highest BCUT2D eigenvalue weighted by molar-refractivity contribution is 8.01. The standard InChI is InChI=1S/C19H19N3O3S2/c23-17(12-16-18(24)20-13-4-1-2-5-14(13)27-16)21-7-9-22(10-8-21)19(25)15-6-3-11-26-15/h1-6,11,16H,7-10,12H2,(H,20,24)/t16-/m1/s1. The normalized spacial score (nSPS) is 19.4. The van der Waals surface area contributed by atoms with Gasteiger partial charge in [0.15, 0.2) is 0 Å². The topological polar surface area (TPSA) is 69.7 Å². The van der Waals surface area contributed by atoms with Gasteiger partial charge in [-0.05, 0) is 23.6 Å². The van der Waals surface area contributed by atoms with Crippen LogP contribution in [0.15, 0.2) is 46.7 Å². The molecule has 2 aliphatic rings. The molecule has 2 aliphatic heterocycles. The Morgan fingerprint density at radius 1 is 1.04 bits per heavy atom. The summed E-state index contributed by atoms with van der Waals surface area (Å²) in [6.45, 7) is 2.06. The molecule has 1 aromatic heterocycles. The number of carbonyl (C=O) groups is 3. The van der Waals surface area contributed by atoms with Gasteiger partial charge in [0.1, 0.15) is 0 Å². The molecule has 4 rings (SSSR count). The van der Waals surface area contributed by atoms with E-state index in [0.29, 0.717) is 26.2 Å². The predicted octanol–water partition coefficient (Wildman–Crippen LogP) is 2.54. The number of anilines is 1. The van der Waals surface area contributed by atoms with Crippen molar-refractivity contribution in [1.29, 1.82) is 0 Å². The molecule has 0 bridgehead atoms. The molecule has 0 unspecified atom stereocenters. The quantitative estimate of drug-likeness (QED) is 0.858. The largest absolute Gasteiger partial charge is 0.339 e.